The third-order valence-electron chi connectivity index (χ3n) is 5.66. The molecular formula is C22H26ClNO2. The van der Waals surface area contributed by atoms with E-state index in [1.807, 2.05) is 0 Å². The number of alkyl halides is 1. The lowest BCUT2D eigenvalue weighted by Gasteiger charge is -2.42. The molecule has 3 rings (SSSR count). The highest BCUT2D eigenvalue weighted by molar-refractivity contribution is 6.21. The van der Waals surface area contributed by atoms with Crippen LogP contribution in [-0.2, 0) is 15.6 Å². The van der Waals surface area contributed by atoms with Crippen molar-refractivity contribution in [3.05, 3.63) is 58.7 Å². The van der Waals surface area contributed by atoms with Gasteiger partial charge in [-0.15, -0.1) is 0 Å². The molecule has 0 heterocycles. The second-order valence-electron chi connectivity index (χ2n) is 8.53. The summed E-state index contributed by atoms with van der Waals surface area (Å²) in [6.45, 7) is 9.20. The number of carbonyl (C=O) groups is 1. The second kappa shape index (κ2) is 6.70. The van der Waals surface area contributed by atoms with Gasteiger partial charge in [-0.25, -0.2) is 4.79 Å². The predicted molar refractivity (Wildman–Crippen MR) is 107 cm³/mol. The fraction of sp³-hybridized carbons (Fsp3) is 0.455. The molecule has 0 amide bonds. The van der Waals surface area contributed by atoms with Crippen LogP contribution in [0, 0.1) is 0 Å². The van der Waals surface area contributed by atoms with Gasteiger partial charge in [-0.3, -0.25) is 4.99 Å². The number of aliphatic carboxylic acids is 1. The Bertz CT molecular complexity index is 831. The van der Waals surface area contributed by atoms with E-state index in [4.69, 9.17) is 16.7 Å². The smallest absolute Gasteiger partial charge is 0.335 e. The molecule has 1 aromatic carbocycles. The number of allylic oxidation sites excluding steroid dienone is 2. The van der Waals surface area contributed by atoms with Gasteiger partial charge in [0.2, 0.25) is 0 Å². The maximum absolute atomic E-state index is 11.0. The van der Waals surface area contributed by atoms with E-state index in [0.717, 1.165) is 17.7 Å². The van der Waals surface area contributed by atoms with Crippen LogP contribution in [0.2, 0.25) is 0 Å². The van der Waals surface area contributed by atoms with Crippen LogP contribution >= 0.6 is 11.6 Å². The standard InChI is InChI=1S/C22H26ClNO2/c1-21(2)11-12-22(3,4)18-13-15(7-10-17(18)21)19(23)24-16-8-5-14(6-9-16)20(25)26/h5-8,10,13,19H,9,11-12H2,1-4H3,(H,25,26). The van der Waals surface area contributed by atoms with E-state index in [9.17, 15) is 4.79 Å². The summed E-state index contributed by atoms with van der Waals surface area (Å²) >= 11 is 6.59. The van der Waals surface area contributed by atoms with Crippen LogP contribution in [0.15, 0.2) is 47.0 Å². The van der Waals surface area contributed by atoms with Crippen LogP contribution < -0.4 is 0 Å². The lowest BCUT2D eigenvalue weighted by molar-refractivity contribution is -0.132. The van der Waals surface area contributed by atoms with E-state index in [0.29, 0.717) is 12.0 Å². The van der Waals surface area contributed by atoms with Crippen LogP contribution in [-0.4, -0.2) is 16.8 Å². The molecule has 138 valence electrons. The van der Waals surface area contributed by atoms with Crippen molar-refractivity contribution >= 4 is 23.3 Å². The molecule has 0 saturated carbocycles. The number of hydrogen-bond donors (Lipinski definition) is 1. The summed E-state index contributed by atoms with van der Waals surface area (Å²) in [5, 5.41) is 9.00. The Morgan fingerprint density at radius 1 is 1.12 bits per heavy atom. The summed E-state index contributed by atoms with van der Waals surface area (Å²) in [7, 11) is 0. The topological polar surface area (TPSA) is 49.7 Å². The second-order valence-corrected chi connectivity index (χ2v) is 8.94. The molecule has 4 heteroatoms. The summed E-state index contributed by atoms with van der Waals surface area (Å²) in [4.78, 5) is 15.6. The number of carboxylic acids is 1. The Morgan fingerprint density at radius 2 is 1.77 bits per heavy atom. The minimum Gasteiger partial charge on any atom is -0.478 e. The van der Waals surface area contributed by atoms with Gasteiger partial charge in [-0.05, 0) is 52.5 Å². The van der Waals surface area contributed by atoms with E-state index >= 15 is 0 Å². The summed E-state index contributed by atoms with van der Waals surface area (Å²) in [5.41, 5.74) is 4.70. The zero-order valence-corrected chi connectivity index (χ0v) is 16.6. The predicted octanol–water partition coefficient (Wildman–Crippen LogP) is 5.68. The lowest BCUT2D eigenvalue weighted by Crippen LogP contribution is -2.33. The number of halogens is 1. The first-order valence-electron chi connectivity index (χ1n) is 9.07. The molecule has 0 radical (unpaired) electrons. The summed E-state index contributed by atoms with van der Waals surface area (Å²) in [6.07, 6.45) is 7.82. The minimum absolute atomic E-state index is 0.133. The van der Waals surface area contributed by atoms with E-state index < -0.39 is 11.5 Å². The third kappa shape index (κ3) is 3.64. The van der Waals surface area contributed by atoms with E-state index in [1.165, 1.54) is 17.5 Å². The van der Waals surface area contributed by atoms with Crippen molar-refractivity contribution in [3.8, 4) is 0 Å². The molecule has 1 unspecified atom stereocenters. The Hall–Kier alpha value is -1.87. The number of nitrogens with zero attached hydrogens (tertiary/aromatic N) is 1. The minimum atomic E-state index is -0.915. The first kappa shape index (κ1) is 18.9. The van der Waals surface area contributed by atoms with Gasteiger partial charge in [0.1, 0.15) is 5.50 Å². The van der Waals surface area contributed by atoms with Gasteiger partial charge in [0.15, 0.2) is 0 Å². The van der Waals surface area contributed by atoms with Gasteiger partial charge in [0, 0.05) is 12.1 Å². The summed E-state index contributed by atoms with van der Waals surface area (Å²) < 4.78 is 0. The van der Waals surface area contributed by atoms with Crippen molar-refractivity contribution in [2.24, 2.45) is 4.99 Å². The highest BCUT2D eigenvalue weighted by Crippen LogP contribution is 2.46. The zero-order chi connectivity index (χ0) is 19.1. The molecule has 1 atom stereocenters. The number of fused-ring (bicyclic) bond motifs is 1. The highest BCUT2D eigenvalue weighted by atomic mass is 35.5. The zero-order valence-electron chi connectivity index (χ0n) is 15.8. The quantitative estimate of drug-likeness (QED) is 0.548. The van der Waals surface area contributed by atoms with Crippen molar-refractivity contribution in [1.82, 2.24) is 0 Å². The summed E-state index contributed by atoms with van der Waals surface area (Å²) in [6, 6.07) is 6.50. The van der Waals surface area contributed by atoms with Gasteiger partial charge in [0.05, 0.1) is 5.57 Å². The molecule has 1 N–H and O–H groups in total. The van der Waals surface area contributed by atoms with Crippen molar-refractivity contribution in [1.29, 1.82) is 0 Å². The van der Waals surface area contributed by atoms with Gasteiger partial charge < -0.3 is 5.11 Å². The van der Waals surface area contributed by atoms with E-state index in [-0.39, 0.29) is 10.8 Å². The Labute approximate surface area is 160 Å². The van der Waals surface area contributed by atoms with Crippen molar-refractivity contribution < 1.29 is 9.90 Å². The van der Waals surface area contributed by atoms with Crippen LogP contribution in [0.1, 0.15) is 69.1 Å². The molecule has 0 saturated heterocycles. The molecule has 2 aliphatic rings. The highest BCUT2D eigenvalue weighted by Gasteiger charge is 2.37. The molecule has 0 aromatic heterocycles. The van der Waals surface area contributed by atoms with Crippen molar-refractivity contribution in [3.63, 3.8) is 0 Å². The number of benzene rings is 1. The average molecular weight is 372 g/mol. The lowest BCUT2D eigenvalue weighted by atomic mass is 9.63. The molecule has 26 heavy (non-hydrogen) atoms. The third-order valence-corrected chi connectivity index (χ3v) is 6.01. The SMILES string of the molecule is CC1(C)CCC(C)(C)c2cc(C(Cl)N=C3C=CC(C(=O)O)=CC3)ccc21. The largest absolute Gasteiger partial charge is 0.478 e. The molecule has 0 bridgehead atoms. The molecule has 1 aromatic rings. The maximum Gasteiger partial charge on any atom is 0.335 e. The summed E-state index contributed by atoms with van der Waals surface area (Å²) in [5.74, 6) is -0.915. The maximum atomic E-state index is 11.0. The van der Waals surface area contributed by atoms with Gasteiger partial charge in [-0.2, -0.15) is 0 Å². The fourth-order valence-electron chi connectivity index (χ4n) is 3.77. The van der Waals surface area contributed by atoms with Crippen LogP contribution in [0.4, 0.5) is 0 Å². The molecule has 3 nitrogen and oxygen atoms in total. The number of hydrogen-bond acceptors (Lipinski definition) is 2. The van der Waals surface area contributed by atoms with E-state index in [2.05, 4.69) is 50.9 Å². The Morgan fingerprint density at radius 3 is 2.35 bits per heavy atom. The average Bonchev–Trinajstić information content (AvgIpc) is 2.59. The first-order valence-corrected chi connectivity index (χ1v) is 9.51. The fourth-order valence-corrected chi connectivity index (χ4v) is 4.03. The number of rotatable bonds is 3. The number of aliphatic imine (C=N–C) groups is 1. The Balaban J connectivity index is 1.88. The molecule has 0 spiro atoms. The van der Waals surface area contributed by atoms with Gasteiger partial charge in [-0.1, -0.05) is 63.6 Å². The monoisotopic (exact) mass is 371 g/mol. The van der Waals surface area contributed by atoms with Crippen LogP contribution in [0.3, 0.4) is 0 Å². The van der Waals surface area contributed by atoms with E-state index in [1.54, 1.807) is 18.2 Å². The molecule has 2 aliphatic carbocycles. The van der Waals surface area contributed by atoms with Gasteiger partial charge >= 0.3 is 5.97 Å². The van der Waals surface area contributed by atoms with Crippen LogP contribution in [0.25, 0.3) is 0 Å². The van der Waals surface area contributed by atoms with Crippen molar-refractivity contribution in [2.45, 2.75) is 63.3 Å². The first-order chi connectivity index (χ1) is 12.1. The molecular weight excluding hydrogens is 346 g/mol. The van der Waals surface area contributed by atoms with Crippen molar-refractivity contribution in [2.75, 3.05) is 0 Å². The Kier molecular flexibility index (Phi) is 4.87. The molecule has 0 fully saturated rings. The van der Waals surface area contributed by atoms with Gasteiger partial charge in [0.25, 0.3) is 0 Å². The van der Waals surface area contributed by atoms with Crippen LogP contribution in [0.5, 0.6) is 0 Å². The number of carboxylic acid groups (broad SMARTS) is 1. The molecule has 0 aliphatic heterocycles. The normalized spacial score (nSPS) is 23.3.